The lowest BCUT2D eigenvalue weighted by molar-refractivity contribution is -0.123. The Kier molecular flexibility index (Phi) is 15.6. The van der Waals surface area contributed by atoms with E-state index < -0.39 is 6.04 Å². The van der Waals surface area contributed by atoms with Crippen molar-refractivity contribution < 1.29 is 14.6 Å². The fraction of sp³-hybridized carbons (Fsp3) is 0.680. The summed E-state index contributed by atoms with van der Waals surface area (Å²) in [7, 11) is 1.62. The highest BCUT2D eigenvalue weighted by Crippen LogP contribution is 2.12. The molecule has 0 bridgehead atoms. The molecule has 0 aliphatic heterocycles. The van der Waals surface area contributed by atoms with Gasteiger partial charge < -0.3 is 15.2 Å². The number of nitrogens with one attached hydrogen (secondary N) is 1. The number of rotatable bonds is 18. The number of aliphatic hydroxyl groups excluding tert-OH is 1. The van der Waals surface area contributed by atoms with Gasteiger partial charge in [0.2, 0.25) is 5.91 Å². The minimum Gasteiger partial charge on any atom is -0.497 e. The molecule has 1 atom stereocenters. The summed E-state index contributed by atoms with van der Waals surface area (Å²) < 4.78 is 5.12. The van der Waals surface area contributed by atoms with E-state index in [2.05, 4.69) is 17.2 Å². The van der Waals surface area contributed by atoms with Crippen molar-refractivity contribution in [1.82, 2.24) is 5.32 Å². The maximum Gasteiger partial charge on any atom is 0.247 e. The molecule has 0 radical (unpaired) electrons. The van der Waals surface area contributed by atoms with Gasteiger partial charge in [0.05, 0.1) is 13.7 Å². The number of carbonyl (C=O) groups excluding carboxylic acids is 1. The van der Waals surface area contributed by atoms with E-state index in [9.17, 15) is 9.90 Å². The maximum atomic E-state index is 12.2. The first-order valence-corrected chi connectivity index (χ1v) is 11.8. The van der Waals surface area contributed by atoms with Crippen molar-refractivity contribution in [3.8, 4) is 5.75 Å². The zero-order chi connectivity index (χ0) is 21.9. The summed E-state index contributed by atoms with van der Waals surface area (Å²) >= 11 is 0. The van der Waals surface area contributed by atoms with E-state index in [1.165, 1.54) is 64.2 Å². The summed E-state index contributed by atoms with van der Waals surface area (Å²) in [6, 6.07) is 6.64. The topological polar surface area (TPSA) is 70.9 Å². The number of aliphatic imine (C=N–C) groups is 1. The number of aliphatic hydroxyl groups is 1. The minimum atomic E-state index is -0.760. The van der Waals surface area contributed by atoms with Gasteiger partial charge in [-0.25, -0.2) is 0 Å². The lowest BCUT2D eigenvalue weighted by Crippen LogP contribution is -2.36. The molecule has 2 N–H and O–H groups in total. The summed E-state index contributed by atoms with van der Waals surface area (Å²) in [5.41, 5.74) is 0.864. The van der Waals surface area contributed by atoms with Crippen molar-refractivity contribution in [3.63, 3.8) is 0 Å². The molecule has 1 aromatic carbocycles. The van der Waals surface area contributed by atoms with E-state index in [1.54, 1.807) is 13.3 Å². The normalized spacial score (nSPS) is 12.2. The Morgan fingerprint density at radius 2 is 1.50 bits per heavy atom. The highest BCUT2D eigenvalue weighted by Gasteiger charge is 2.14. The van der Waals surface area contributed by atoms with Gasteiger partial charge in [0.25, 0.3) is 0 Å². The first-order chi connectivity index (χ1) is 14.7. The number of methoxy groups -OCH3 is 1. The van der Waals surface area contributed by atoms with Crippen LogP contribution in [0.2, 0.25) is 0 Å². The molecular formula is C25H42N2O3. The van der Waals surface area contributed by atoms with Gasteiger partial charge in [-0.3, -0.25) is 9.79 Å². The molecule has 1 aromatic rings. The molecule has 0 saturated carbocycles. The number of hydrogen-bond donors (Lipinski definition) is 2. The number of hydrogen-bond acceptors (Lipinski definition) is 4. The predicted octanol–water partition coefficient (Wildman–Crippen LogP) is 5.29. The Balaban J connectivity index is 2.07. The Morgan fingerprint density at radius 1 is 0.967 bits per heavy atom. The molecule has 0 heterocycles. The average Bonchev–Trinajstić information content (AvgIpc) is 2.77. The molecule has 5 heteroatoms. The molecular weight excluding hydrogens is 376 g/mol. The highest BCUT2D eigenvalue weighted by molar-refractivity contribution is 5.86. The van der Waals surface area contributed by atoms with Crippen LogP contribution in [0.15, 0.2) is 29.3 Å². The number of nitrogens with zero attached hydrogens (tertiary/aromatic N) is 1. The van der Waals surface area contributed by atoms with E-state index in [0.717, 1.165) is 24.2 Å². The summed E-state index contributed by atoms with van der Waals surface area (Å²) in [5.74, 6) is 0.552. The lowest BCUT2D eigenvalue weighted by Gasteiger charge is -2.10. The van der Waals surface area contributed by atoms with E-state index in [4.69, 9.17) is 4.74 Å². The number of unbranched alkanes of at least 4 members (excludes halogenated alkanes) is 11. The van der Waals surface area contributed by atoms with Gasteiger partial charge in [-0.1, -0.05) is 77.6 Å². The predicted molar refractivity (Wildman–Crippen MR) is 126 cm³/mol. The van der Waals surface area contributed by atoms with Crippen molar-refractivity contribution >= 4 is 12.1 Å². The molecule has 30 heavy (non-hydrogen) atoms. The SMILES string of the molecule is CCCCCCCCCCCCCCNC(=O)[C@H](CO)N=Cc1ccc(OC)cc1. The van der Waals surface area contributed by atoms with E-state index in [-0.39, 0.29) is 12.5 Å². The first kappa shape index (κ1) is 26.2. The van der Waals surface area contributed by atoms with Crippen LogP contribution in [0.25, 0.3) is 0 Å². The van der Waals surface area contributed by atoms with Crippen LogP contribution in [0.5, 0.6) is 5.75 Å². The summed E-state index contributed by atoms with van der Waals surface area (Å²) in [4.78, 5) is 16.4. The van der Waals surface area contributed by atoms with E-state index >= 15 is 0 Å². The molecule has 0 unspecified atom stereocenters. The van der Waals surface area contributed by atoms with Gasteiger partial charge in [0.1, 0.15) is 5.75 Å². The zero-order valence-electron chi connectivity index (χ0n) is 19.1. The summed E-state index contributed by atoms with van der Waals surface area (Å²) in [6.07, 6.45) is 17.2. The number of ether oxygens (including phenoxy) is 1. The molecule has 0 fully saturated rings. The smallest absolute Gasteiger partial charge is 0.247 e. The van der Waals surface area contributed by atoms with Gasteiger partial charge in [0.15, 0.2) is 6.04 Å². The van der Waals surface area contributed by atoms with Crippen LogP contribution in [-0.2, 0) is 4.79 Å². The molecule has 170 valence electrons. The van der Waals surface area contributed by atoms with Gasteiger partial charge in [-0.2, -0.15) is 0 Å². The zero-order valence-corrected chi connectivity index (χ0v) is 19.1. The molecule has 5 nitrogen and oxygen atoms in total. The standard InChI is InChI=1S/C25H42N2O3/c1-3-4-5-6-7-8-9-10-11-12-13-14-19-26-25(29)24(21-28)27-20-22-15-17-23(30-2)18-16-22/h15-18,20,24,28H,3-14,19,21H2,1-2H3,(H,26,29)/t24-/m0/s1. The molecule has 0 saturated heterocycles. The third kappa shape index (κ3) is 12.6. The van der Waals surface area contributed by atoms with Gasteiger partial charge in [-0.15, -0.1) is 0 Å². The van der Waals surface area contributed by atoms with Gasteiger partial charge >= 0.3 is 0 Å². The number of carbonyl (C=O) groups is 1. The fourth-order valence-electron chi connectivity index (χ4n) is 3.36. The van der Waals surface area contributed by atoms with Gasteiger partial charge in [0, 0.05) is 12.8 Å². The second-order valence-electron chi connectivity index (χ2n) is 7.93. The lowest BCUT2D eigenvalue weighted by atomic mass is 10.1. The van der Waals surface area contributed by atoms with Crippen molar-refractivity contribution in [2.45, 2.75) is 90.0 Å². The Bertz CT molecular complexity index is 572. The number of benzene rings is 1. The van der Waals surface area contributed by atoms with Crippen LogP contribution in [0.4, 0.5) is 0 Å². The quantitative estimate of drug-likeness (QED) is 0.251. The molecule has 1 rings (SSSR count). The van der Waals surface area contributed by atoms with Crippen molar-refractivity contribution in [2.75, 3.05) is 20.3 Å². The molecule has 0 aromatic heterocycles. The van der Waals surface area contributed by atoms with Crippen molar-refractivity contribution in [3.05, 3.63) is 29.8 Å². The summed E-state index contributed by atoms with van der Waals surface area (Å²) in [6.45, 7) is 2.61. The molecule has 1 amide bonds. The molecule has 0 aliphatic rings. The minimum absolute atomic E-state index is 0.217. The highest BCUT2D eigenvalue weighted by atomic mass is 16.5. The van der Waals surface area contributed by atoms with E-state index in [0.29, 0.717) is 6.54 Å². The first-order valence-electron chi connectivity index (χ1n) is 11.8. The second kappa shape index (κ2) is 17.9. The fourth-order valence-corrected chi connectivity index (χ4v) is 3.36. The second-order valence-corrected chi connectivity index (χ2v) is 7.93. The third-order valence-electron chi connectivity index (χ3n) is 5.32. The Labute approximate surface area is 183 Å². The van der Waals surface area contributed by atoms with Crippen LogP contribution < -0.4 is 10.1 Å². The van der Waals surface area contributed by atoms with Crippen LogP contribution in [0, 0.1) is 0 Å². The van der Waals surface area contributed by atoms with Crippen LogP contribution >= 0.6 is 0 Å². The Morgan fingerprint density at radius 3 is 2.00 bits per heavy atom. The van der Waals surface area contributed by atoms with Crippen molar-refractivity contribution in [2.24, 2.45) is 4.99 Å². The Hall–Kier alpha value is -1.88. The summed E-state index contributed by atoms with van der Waals surface area (Å²) in [5, 5.41) is 12.4. The van der Waals surface area contributed by atoms with Gasteiger partial charge in [-0.05, 0) is 36.2 Å². The van der Waals surface area contributed by atoms with Crippen LogP contribution in [0.1, 0.15) is 89.5 Å². The average molecular weight is 419 g/mol. The van der Waals surface area contributed by atoms with E-state index in [1.807, 2.05) is 24.3 Å². The molecule has 0 aliphatic carbocycles. The maximum absolute atomic E-state index is 12.2. The third-order valence-corrected chi connectivity index (χ3v) is 5.32. The van der Waals surface area contributed by atoms with Crippen molar-refractivity contribution in [1.29, 1.82) is 0 Å². The molecule has 0 spiro atoms. The van der Waals surface area contributed by atoms with Crippen LogP contribution in [-0.4, -0.2) is 43.5 Å². The van der Waals surface area contributed by atoms with Crippen LogP contribution in [0.3, 0.4) is 0 Å². The largest absolute Gasteiger partial charge is 0.497 e. The monoisotopic (exact) mass is 418 g/mol. The number of amides is 1.